The van der Waals surface area contributed by atoms with E-state index < -0.39 is 6.29 Å². The molecule has 15 heavy (non-hydrogen) atoms. The predicted molar refractivity (Wildman–Crippen MR) is 55.7 cm³/mol. The van der Waals surface area contributed by atoms with Crippen molar-refractivity contribution in [2.75, 3.05) is 0 Å². The Labute approximate surface area is 87.2 Å². The average Bonchev–Trinajstić information content (AvgIpc) is 2.96. The lowest BCUT2D eigenvalue weighted by Crippen LogP contribution is -2.57. The van der Waals surface area contributed by atoms with E-state index in [9.17, 15) is 4.79 Å². The minimum absolute atomic E-state index is 0.105. The third-order valence-electron chi connectivity index (χ3n) is 2.27. The number of nitrogens with zero attached hydrogens (tertiary/aromatic N) is 3. The average molecular weight is 210 g/mol. The first kappa shape index (κ1) is 10.1. The number of Topliss-reactive ketones (excluding diaryl/α,β-unsaturated/α-hetero) is 1. The molecule has 0 saturated heterocycles. The quantitative estimate of drug-likeness (QED) is 0.492. The van der Waals surface area contributed by atoms with E-state index in [0.29, 0.717) is 6.04 Å². The number of aliphatic imine (C=N–C) groups is 2. The van der Waals surface area contributed by atoms with Crippen LogP contribution in [0.4, 0.5) is 0 Å². The molecule has 2 aliphatic rings. The lowest BCUT2D eigenvalue weighted by atomic mass is 10.4. The number of rotatable bonds is 3. The lowest BCUT2D eigenvalue weighted by molar-refractivity contribution is -0.111. The highest BCUT2D eigenvalue weighted by atomic mass is 16.1. The normalized spacial score (nSPS) is 26.0. The molecule has 0 radical (unpaired) electrons. The second-order valence-electron chi connectivity index (χ2n) is 3.70. The molecule has 82 valence electrons. The van der Waals surface area contributed by atoms with Crippen molar-refractivity contribution in [3.63, 3.8) is 0 Å². The molecule has 7 nitrogen and oxygen atoms in total. The number of nitrogens with one attached hydrogen (secondary N) is 1. The van der Waals surface area contributed by atoms with E-state index in [-0.39, 0.29) is 17.6 Å². The fraction of sp³-hybridized carbons (Fsp3) is 0.625. The number of carbonyl (C=O) groups excluding carboxylic acids is 1. The first-order valence-electron chi connectivity index (χ1n) is 4.81. The van der Waals surface area contributed by atoms with Gasteiger partial charge in [-0.3, -0.25) is 10.1 Å². The predicted octanol–water partition coefficient (Wildman–Crippen LogP) is -1.49. The summed E-state index contributed by atoms with van der Waals surface area (Å²) >= 11 is 0. The molecular weight excluding hydrogens is 196 g/mol. The number of carbonyl (C=O) groups is 1. The Balaban J connectivity index is 2.15. The Morgan fingerprint density at radius 3 is 2.80 bits per heavy atom. The monoisotopic (exact) mass is 210 g/mol. The van der Waals surface area contributed by atoms with E-state index in [4.69, 9.17) is 11.6 Å². The molecule has 1 aliphatic carbocycles. The number of amidine groups is 1. The molecule has 0 aromatic carbocycles. The molecule has 5 N–H and O–H groups in total. The van der Waals surface area contributed by atoms with Crippen LogP contribution < -0.4 is 16.9 Å². The van der Waals surface area contributed by atoms with E-state index in [1.165, 1.54) is 11.9 Å². The van der Waals surface area contributed by atoms with Crippen molar-refractivity contribution in [3.8, 4) is 0 Å². The van der Waals surface area contributed by atoms with Gasteiger partial charge in [0.05, 0.1) is 0 Å². The smallest absolute Gasteiger partial charge is 0.215 e. The Hall–Kier alpha value is -1.47. The first-order chi connectivity index (χ1) is 7.08. The van der Waals surface area contributed by atoms with Gasteiger partial charge in [-0.15, -0.1) is 0 Å². The fourth-order valence-corrected chi connectivity index (χ4v) is 1.25. The van der Waals surface area contributed by atoms with E-state index >= 15 is 0 Å². The summed E-state index contributed by atoms with van der Waals surface area (Å²) in [6, 6.07) is 0.420. The van der Waals surface area contributed by atoms with Gasteiger partial charge in [0.15, 0.2) is 17.9 Å². The fourth-order valence-electron chi connectivity index (χ4n) is 1.25. The zero-order valence-corrected chi connectivity index (χ0v) is 8.47. The molecule has 0 aromatic heterocycles. The van der Waals surface area contributed by atoms with Crippen molar-refractivity contribution in [1.82, 2.24) is 10.3 Å². The largest absolute Gasteiger partial charge is 0.368 e. The van der Waals surface area contributed by atoms with Crippen LogP contribution >= 0.6 is 0 Å². The van der Waals surface area contributed by atoms with Gasteiger partial charge in [-0.1, -0.05) is 0 Å². The number of hydrogen-bond donors (Lipinski definition) is 3. The maximum absolute atomic E-state index is 11.1. The van der Waals surface area contributed by atoms with Crippen molar-refractivity contribution in [1.29, 1.82) is 0 Å². The maximum Gasteiger partial charge on any atom is 0.215 e. The molecule has 1 fully saturated rings. The second-order valence-corrected chi connectivity index (χ2v) is 3.70. The van der Waals surface area contributed by atoms with E-state index in [2.05, 4.69) is 15.3 Å². The number of hydrazine groups is 1. The van der Waals surface area contributed by atoms with Gasteiger partial charge >= 0.3 is 0 Å². The third-order valence-corrected chi connectivity index (χ3v) is 2.27. The van der Waals surface area contributed by atoms with Gasteiger partial charge in [-0.2, -0.15) is 4.99 Å². The van der Waals surface area contributed by atoms with Gasteiger partial charge in [0, 0.05) is 13.0 Å². The van der Waals surface area contributed by atoms with Gasteiger partial charge in [0.1, 0.15) is 0 Å². The topological polar surface area (TPSA) is 109 Å². The van der Waals surface area contributed by atoms with Crippen LogP contribution in [0.15, 0.2) is 9.98 Å². The maximum atomic E-state index is 11.1. The molecule has 1 aliphatic heterocycles. The van der Waals surface area contributed by atoms with Gasteiger partial charge in [0.25, 0.3) is 0 Å². The van der Waals surface area contributed by atoms with Crippen molar-refractivity contribution < 1.29 is 4.79 Å². The highest BCUT2D eigenvalue weighted by molar-refractivity contribution is 6.40. The Morgan fingerprint density at radius 1 is 1.60 bits per heavy atom. The van der Waals surface area contributed by atoms with E-state index in [1.807, 2.05) is 0 Å². The van der Waals surface area contributed by atoms with Gasteiger partial charge in [0.2, 0.25) is 5.96 Å². The summed E-state index contributed by atoms with van der Waals surface area (Å²) in [6.07, 6.45) is 1.73. The van der Waals surface area contributed by atoms with E-state index in [1.54, 1.807) is 0 Å². The van der Waals surface area contributed by atoms with Crippen molar-refractivity contribution in [2.45, 2.75) is 32.1 Å². The van der Waals surface area contributed by atoms with Crippen LogP contribution in [0, 0.1) is 0 Å². The number of nitrogens with two attached hydrogens (primary N) is 2. The molecule has 0 aromatic rings. The van der Waals surface area contributed by atoms with Gasteiger partial charge in [-0.05, 0) is 12.8 Å². The molecule has 0 spiro atoms. The SMILES string of the molecule is CC(=O)C1=NC(NC2CC2)N(N)C(N)=N1. The highest BCUT2D eigenvalue weighted by Crippen LogP contribution is 2.20. The van der Waals surface area contributed by atoms with Crippen LogP contribution in [0.3, 0.4) is 0 Å². The van der Waals surface area contributed by atoms with Gasteiger partial charge < -0.3 is 5.73 Å². The molecular formula is C8H14N6O. The Morgan fingerprint density at radius 2 is 2.27 bits per heavy atom. The minimum atomic E-state index is -0.478. The summed E-state index contributed by atoms with van der Waals surface area (Å²) in [5, 5.41) is 4.39. The first-order valence-corrected chi connectivity index (χ1v) is 4.81. The molecule has 1 heterocycles. The molecule has 1 saturated carbocycles. The van der Waals surface area contributed by atoms with Gasteiger partial charge in [-0.25, -0.2) is 15.8 Å². The second kappa shape index (κ2) is 3.59. The Kier molecular flexibility index (Phi) is 2.41. The van der Waals surface area contributed by atoms with Crippen LogP contribution in [0.2, 0.25) is 0 Å². The number of ketones is 1. The molecule has 1 atom stereocenters. The molecule has 0 bridgehead atoms. The molecule has 2 rings (SSSR count). The van der Waals surface area contributed by atoms with E-state index in [0.717, 1.165) is 12.8 Å². The lowest BCUT2D eigenvalue weighted by Gasteiger charge is -2.28. The van der Waals surface area contributed by atoms with Crippen LogP contribution in [0.5, 0.6) is 0 Å². The summed E-state index contributed by atoms with van der Waals surface area (Å²) in [6.45, 7) is 1.40. The summed E-state index contributed by atoms with van der Waals surface area (Å²) < 4.78 is 0. The highest BCUT2D eigenvalue weighted by Gasteiger charge is 2.30. The summed E-state index contributed by atoms with van der Waals surface area (Å²) in [5.41, 5.74) is 5.57. The zero-order valence-electron chi connectivity index (χ0n) is 8.47. The zero-order chi connectivity index (χ0) is 11.0. The Bertz CT molecular complexity index is 345. The van der Waals surface area contributed by atoms with Crippen molar-refractivity contribution >= 4 is 17.6 Å². The molecule has 0 amide bonds. The van der Waals surface area contributed by atoms with Crippen molar-refractivity contribution in [2.24, 2.45) is 21.6 Å². The third kappa shape index (κ3) is 2.13. The van der Waals surface area contributed by atoms with Crippen LogP contribution in [-0.4, -0.2) is 34.9 Å². The van der Waals surface area contributed by atoms with Crippen LogP contribution in [0.25, 0.3) is 0 Å². The molecule has 7 heteroatoms. The van der Waals surface area contributed by atoms with Crippen LogP contribution in [-0.2, 0) is 4.79 Å². The minimum Gasteiger partial charge on any atom is -0.368 e. The van der Waals surface area contributed by atoms with Crippen molar-refractivity contribution in [3.05, 3.63) is 0 Å². The standard InChI is InChI=1S/C8H14N6O/c1-4(15)6-12-7(9)14(10)8(13-6)11-5-2-3-5/h5,8,11H,2-3,10H2,1H3,(H2,9,12,13). The summed E-state index contributed by atoms with van der Waals surface area (Å²) in [4.78, 5) is 19.0. The molecule has 1 unspecified atom stereocenters. The summed E-state index contributed by atoms with van der Waals surface area (Å²) in [5.74, 6) is 5.67. The van der Waals surface area contributed by atoms with Crippen LogP contribution in [0.1, 0.15) is 19.8 Å². The summed E-state index contributed by atoms with van der Waals surface area (Å²) in [7, 11) is 0. The number of guanidine groups is 1. The number of hydrogen-bond acceptors (Lipinski definition) is 7.